The van der Waals surface area contributed by atoms with Crippen LogP contribution in [-0.2, 0) is 25.5 Å². The topological polar surface area (TPSA) is 108 Å². The minimum absolute atomic E-state index is 0.0607. The van der Waals surface area contributed by atoms with Crippen molar-refractivity contribution in [2.45, 2.75) is 25.3 Å². The molecule has 190 valence electrons. The Labute approximate surface area is 212 Å². The molecule has 3 rings (SSSR count). The summed E-state index contributed by atoms with van der Waals surface area (Å²) < 4.78 is 15.5. The number of rotatable bonds is 12. The molecule has 36 heavy (non-hydrogen) atoms. The van der Waals surface area contributed by atoms with Crippen molar-refractivity contribution in [2.24, 2.45) is 0 Å². The Kier molecular flexibility index (Phi) is 10.6. The number of hydrogen-bond acceptors (Lipinski definition) is 7. The molecule has 2 N–H and O–H groups in total. The van der Waals surface area contributed by atoms with Gasteiger partial charge in [-0.05, 0) is 18.4 Å². The van der Waals surface area contributed by atoms with Gasteiger partial charge in [-0.15, -0.1) is 0 Å². The summed E-state index contributed by atoms with van der Waals surface area (Å²) in [5.41, 5.74) is 2.50. The third-order valence-electron chi connectivity index (χ3n) is 6.22. The molecule has 1 saturated heterocycles. The van der Waals surface area contributed by atoms with E-state index in [1.165, 1.54) is 7.11 Å². The van der Waals surface area contributed by atoms with Gasteiger partial charge in [0.2, 0.25) is 0 Å². The van der Waals surface area contributed by atoms with Crippen LogP contribution in [0.4, 0.5) is 5.69 Å². The van der Waals surface area contributed by atoms with E-state index in [1.807, 2.05) is 48.5 Å². The second kappa shape index (κ2) is 14.1. The van der Waals surface area contributed by atoms with Crippen LogP contribution in [0.2, 0.25) is 0 Å². The van der Waals surface area contributed by atoms with Crippen molar-refractivity contribution in [1.29, 1.82) is 0 Å². The summed E-state index contributed by atoms with van der Waals surface area (Å²) in [7, 11) is 2.23. The van der Waals surface area contributed by atoms with E-state index in [0.29, 0.717) is 24.8 Å². The molecule has 0 radical (unpaired) electrons. The molecule has 9 nitrogen and oxygen atoms in total. The molecule has 0 aliphatic carbocycles. The number of hydrogen-bond donors (Lipinski definition) is 2. The molecule has 1 atom stereocenters. The van der Waals surface area contributed by atoms with Crippen LogP contribution in [0.15, 0.2) is 54.6 Å². The van der Waals surface area contributed by atoms with E-state index in [2.05, 4.69) is 20.4 Å². The number of amides is 2. The molecule has 0 bridgehead atoms. The van der Waals surface area contributed by atoms with Crippen molar-refractivity contribution < 1.29 is 23.8 Å². The average Bonchev–Trinajstić information content (AvgIpc) is 2.91. The van der Waals surface area contributed by atoms with E-state index >= 15 is 0 Å². The SMILES string of the molecule is COC(=O)CC(CCc1ccccc1)NC(=O)CNC(=O)c1cccc(N2CCN(CB=O)CC2)c1. The van der Waals surface area contributed by atoms with Crippen LogP contribution in [0, 0.1) is 0 Å². The van der Waals surface area contributed by atoms with Crippen molar-refractivity contribution in [3.63, 3.8) is 0 Å². The second-order valence-electron chi connectivity index (χ2n) is 8.76. The Bertz CT molecular complexity index is 1030. The number of nitrogens with zero attached hydrogens (tertiary/aromatic N) is 2. The quantitative estimate of drug-likeness (QED) is 0.339. The standard InChI is InChI=1S/C26H33BN4O5/c1-36-25(33)17-22(11-10-20-6-3-2-4-7-20)29-24(32)18-28-26(34)21-8-5-9-23(16-21)31-14-12-30(13-15-31)19-27-35/h2-9,16,22H,10-15,17-19H2,1H3,(H,28,34)(H,29,32). The first-order valence-corrected chi connectivity index (χ1v) is 12.2. The molecule has 1 aliphatic rings. The van der Waals surface area contributed by atoms with Crippen LogP contribution in [0.1, 0.15) is 28.8 Å². The minimum atomic E-state index is -0.402. The molecular weight excluding hydrogens is 459 g/mol. The molecule has 1 fully saturated rings. The van der Waals surface area contributed by atoms with Crippen molar-refractivity contribution in [3.8, 4) is 0 Å². The van der Waals surface area contributed by atoms with Crippen molar-refractivity contribution in [2.75, 3.05) is 51.2 Å². The Morgan fingerprint density at radius 3 is 2.47 bits per heavy atom. The summed E-state index contributed by atoms with van der Waals surface area (Å²) in [6.07, 6.45) is 1.77. The third-order valence-corrected chi connectivity index (χ3v) is 6.22. The number of carbonyl (C=O) groups is 3. The maximum absolute atomic E-state index is 12.7. The number of methoxy groups -OCH3 is 1. The zero-order valence-corrected chi connectivity index (χ0v) is 20.7. The molecule has 2 aromatic rings. The fourth-order valence-corrected chi connectivity index (χ4v) is 4.17. The van der Waals surface area contributed by atoms with Gasteiger partial charge in [0.25, 0.3) is 0 Å². The zero-order chi connectivity index (χ0) is 25.8. The Morgan fingerprint density at radius 1 is 1.03 bits per heavy atom. The summed E-state index contributed by atoms with van der Waals surface area (Å²) >= 11 is 0. The van der Waals surface area contributed by atoms with Gasteiger partial charge < -0.3 is 10.1 Å². The van der Waals surface area contributed by atoms with Gasteiger partial charge in [-0.3, -0.25) is 9.59 Å². The van der Waals surface area contributed by atoms with Gasteiger partial charge in [0.1, 0.15) is 0 Å². The maximum atomic E-state index is 12.7. The van der Waals surface area contributed by atoms with Gasteiger partial charge in [0, 0.05) is 6.04 Å². The third kappa shape index (κ3) is 8.60. The first kappa shape index (κ1) is 27.1. The van der Waals surface area contributed by atoms with Gasteiger partial charge in [-0.25, -0.2) is 0 Å². The molecular formula is C26H33BN4O5. The van der Waals surface area contributed by atoms with Crippen molar-refractivity contribution in [1.82, 2.24) is 15.5 Å². The van der Waals surface area contributed by atoms with Gasteiger partial charge in [-0.1, -0.05) is 30.3 Å². The van der Waals surface area contributed by atoms with Crippen LogP contribution < -0.4 is 15.5 Å². The number of carbonyl (C=O) groups excluding carboxylic acids is 3. The van der Waals surface area contributed by atoms with E-state index in [-0.39, 0.29) is 24.8 Å². The van der Waals surface area contributed by atoms with Crippen LogP contribution >= 0.6 is 0 Å². The Hall–Kier alpha value is -3.53. The summed E-state index contributed by atoms with van der Waals surface area (Å²) in [4.78, 5) is 41.3. The molecule has 1 aliphatic heterocycles. The number of benzene rings is 2. The van der Waals surface area contributed by atoms with E-state index in [4.69, 9.17) is 4.74 Å². The van der Waals surface area contributed by atoms with Crippen LogP contribution in [-0.4, -0.2) is 82.2 Å². The first-order valence-electron chi connectivity index (χ1n) is 12.2. The number of nitrogens with one attached hydrogen (secondary N) is 2. The van der Waals surface area contributed by atoms with Gasteiger partial charge in [0.15, 0.2) is 0 Å². The predicted octanol–water partition coefficient (Wildman–Crippen LogP) is 1.23. The van der Waals surface area contributed by atoms with E-state index in [0.717, 1.165) is 44.6 Å². The van der Waals surface area contributed by atoms with Crippen LogP contribution in [0.5, 0.6) is 0 Å². The molecule has 2 amide bonds. The summed E-state index contributed by atoms with van der Waals surface area (Å²) in [6.45, 7) is 2.91. The molecule has 0 saturated carbocycles. The fourth-order valence-electron chi connectivity index (χ4n) is 4.17. The molecule has 10 heteroatoms. The Balaban J connectivity index is 1.50. The number of esters is 1. The normalized spacial score (nSPS) is 14.4. The molecule has 1 heterocycles. The van der Waals surface area contributed by atoms with Crippen LogP contribution in [0.25, 0.3) is 0 Å². The Morgan fingerprint density at radius 2 is 1.78 bits per heavy atom. The predicted molar refractivity (Wildman–Crippen MR) is 137 cm³/mol. The zero-order valence-electron chi connectivity index (χ0n) is 20.7. The molecule has 0 spiro atoms. The van der Waals surface area contributed by atoms with Crippen molar-refractivity contribution in [3.05, 3.63) is 65.7 Å². The molecule has 0 aromatic heterocycles. The number of anilines is 1. The van der Waals surface area contributed by atoms with E-state index in [9.17, 15) is 19.1 Å². The van der Waals surface area contributed by atoms with Crippen LogP contribution in [0.3, 0.4) is 0 Å². The number of piperazine rings is 1. The van der Waals surface area contributed by atoms with Gasteiger partial charge in [0.05, 0.1) is 13.5 Å². The monoisotopic (exact) mass is 492 g/mol. The number of ether oxygens (including phenoxy) is 1. The first-order chi connectivity index (χ1) is 17.5. The number of aryl methyl sites for hydroxylation is 1. The summed E-state index contributed by atoms with van der Waals surface area (Å²) in [5, 5.41) is 5.51. The molecule has 1 unspecified atom stereocenters. The summed E-state index contributed by atoms with van der Waals surface area (Å²) in [5.74, 6) is -1.12. The average molecular weight is 492 g/mol. The van der Waals surface area contributed by atoms with Crippen molar-refractivity contribution >= 4 is 30.6 Å². The van der Waals surface area contributed by atoms with Gasteiger partial charge >= 0.3 is 124 Å². The second-order valence-corrected chi connectivity index (χ2v) is 8.76. The van der Waals surface area contributed by atoms with E-state index < -0.39 is 12.0 Å². The fraction of sp³-hybridized carbons (Fsp3) is 0.423. The van der Waals surface area contributed by atoms with Gasteiger partial charge in [-0.2, -0.15) is 0 Å². The molecule has 2 aromatic carbocycles. The summed E-state index contributed by atoms with van der Waals surface area (Å²) in [6, 6.07) is 16.7. The van der Waals surface area contributed by atoms with E-state index in [1.54, 1.807) is 6.07 Å².